The highest BCUT2D eigenvalue weighted by atomic mass is 16.3. The maximum Gasteiger partial charge on any atom is 0.115 e. The number of hydrogen-bond acceptors (Lipinski definition) is 2. The van der Waals surface area contributed by atoms with Crippen LogP contribution in [0.5, 0.6) is 5.75 Å². The SMILES string of the molecule is CCCC(C)(CNCC)Cc1ccc(O)cc1. The van der Waals surface area contributed by atoms with Gasteiger partial charge in [0, 0.05) is 6.54 Å². The van der Waals surface area contributed by atoms with Gasteiger partial charge < -0.3 is 10.4 Å². The fourth-order valence-electron chi connectivity index (χ4n) is 2.38. The maximum absolute atomic E-state index is 9.29. The molecule has 1 aromatic rings. The third-order valence-electron chi connectivity index (χ3n) is 3.22. The minimum Gasteiger partial charge on any atom is -0.508 e. The Labute approximate surface area is 105 Å². The lowest BCUT2D eigenvalue weighted by Crippen LogP contribution is -2.33. The van der Waals surface area contributed by atoms with Crippen LogP contribution in [0.25, 0.3) is 0 Å². The first kappa shape index (κ1) is 14.0. The van der Waals surface area contributed by atoms with Crippen molar-refractivity contribution < 1.29 is 5.11 Å². The highest BCUT2D eigenvalue weighted by Gasteiger charge is 2.23. The number of hydrogen-bond donors (Lipinski definition) is 2. The molecule has 0 aliphatic carbocycles. The summed E-state index contributed by atoms with van der Waals surface area (Å²) in [6.45, 7) is 8.80. The molecule has 2 nitrogen and oxygen atoms in total. The molecule has 96 valence electrons. The Balaban J connectivity index is 2.67. The molecule has 0 amide bonds. The van der Waals surface area contributed by atoms with Crippen molar-refractivity contribution in [2.75, 3.05) is 13.1 Å². The van der Waals surface area contributed by atoms with Crippen LogP contribution in [0.1, 0.15) is 39.2 Å². The molecule has 0 heterocycles. The van der Waals surface area contributed by atoms with Crippen molar-refractivity contribution in [3.8, 4) is 5.75 Å². The molecule has 0 saturated heterocycles. The Morgan fingerprint density at radius 3 is 2.35 bits per heavy atom. The van der Waals surface area contributed by atoms with Gasteiger partial charge in [0.2, 0.25) is 0 Å². The number of nitrogens with one attached hydrogen (secondary N) is 1. The minimum absolute atomic E-state index is 0.307. The molecule has 1 unspecified atom stereocenters. The van der Waals surface area contributed by atoms with Gasteiger partial charge in [-0.3, -0.25) is 0 Å². The van der Waals surface area contributed by atoms with E-state index in [4.69, 9.17) is 0 Å². The van der Waals surface area contributed by atoms with Gasteiger partial charge in [-0.2, -0.15) is 0 Å². The molecule has 0 fully saturated rings. The van der Waals surface area contributed by atoms with Crippen LogP contribution in [0.4, 0.5) is 0 Å². The summed E-state index contributed by atoms with van der Waals surface area (Å²) in [4.78, 5) is 0. The molecule has 0 spiro atoms. The van der Waals surface area contributed by atoms with Gasteiger partial charge in [0.1, 0.15) is 5.75 Å². The van der Waals surface area contributed by atoms with E-state index in [1.54, 1.807) is 12.1 Å². The van der Waals surface area contributed by atoms with Gasteiger partial charge in [0.15, 0.2) is 0 Å². The van der Waals surface area contributed by atoms with Crippen molar-refractivity contribution in [3.63, 3.8) is 0 Å². The normalized spacial score (nSPS) is 14.5. The highest BCUT2D eigenvalue weighted by Crippen LogP contribution is 2.28. The maximum atomic E-state index is 9.29. The van der Waals surface area contributed by atoms with E-state index in [1.807, 2.05) is 12.1 Å². The first-order valence-corrected chi connectivity index (χ1v) is 6.58. The van der Waals surface area contributed by atoms with Crippen LogP contribution in [0.15, 0.2) is 24.3 Å². The van der Waals surface area contributed by atoms with E-state index in [2.05, 4.69) is 26.1 Å². The van der Waals surface area contributed by atoms with Crippen molar-refractivity contribution in [1.29, 1.82) is 0 Å². The predicted octanol–water partition coefficient (Wildman–Crippen LogP) is 3.35. The summed E-state index contributed by atoms with van der Waals surface area (Å²) in [7, 11) is 0. The van der Waals surface area contributed by atoms with Gasteiger partial charge in [0.25, 0.3) is 0 Å². The van der Waals surface area contributed by atoms with E-state index in [-0.39, 0.29) is 0 Å². The lowest BCUT2D eigenvalue weighted by Gasteiger charge is -2.30. The molecule has 17 heavy (non-hydrogen) atoms. The molecule has 0 aromatic heterocycles. The highest BCUT2D eigenvalue weighted by molar-refractivity contribution is 5.26. The average molecular weight is 235 g/mol. The number of phenols is 1. The second kappa shape index (κ2) is 6.65. The summed E-state index contributed by atoms with van der Waals surface area (Å²) in [5.41, 5.74) is 1.61. The third kappa shape index (κ3) is 4.78. The summed E-state index contributed by atoms with van der Waals surface area (Å²) >= 11 is 0. The number of aromatic hydroxyl groups is 1. The van der Waals surface area contributed by atoms with Gasteiger partial charge >= 0.3 is 0 Å². The van der Waals surface area contributed by atoms with Crippen LogP contribution in [-0.4, -0.2) is 18.2 Å². The molecule has 0 aliphatic heterocycles. The van der Waals surface area contributed by atoms with Crippen LogP contribution in [-0.2, 0) is 6.42 Å². The fourth-order valence-corrected chi connectivity index (χ4v) is 2.38. The van der Waals surface area contributed by atoms with Crippen LogP contribution < -0.4 is 5.32 Å². The van der Waals surface area contributed by atoms with Crippen LogP contribution in [0.3, 0.4) is 0 Å². The predicted molar refractivity (Wildman–Crippen MR) is 73.4 cm³/mol. The van der Waals surface area contributed by atoms with Gasteiger partial charge in [-0.1, -0.05) is 39.3 Å². The molecule has 1 rings (SSSR count). The van der Waals surface area contributed by atoms with E-state index in [9.17, 15) is 5.11 Å². The quantitative estimate of drug-likeness (QED) is 0.759. The lowest BCUT2D eigenvalue weighted by atomic mass is 9.79. The van der Waals surface area contributed by atoms with Crippen molar-refractivity contribution in [1.82, 2.24) is 5.32 Å². The largest absolute Gasteiger partial charge is 0.508 e. The lowest BCUT2D eigenvalue weighted by molar-refractivity contribution is 0.277. The third-order valence-corrected chi connectivity index (χ3v) is 3.22. The molecule has 1 aromatic carbocycles. The van der Waals surface area contributed by atoms with Gasteiger partial charge in [0.05, 0.1) is 0 Å². The topological polar surface area (TPSA) is 32.3 Å². The molecule has 1 atom stereocenters. The van der Waals surface area contributed by atoms with Crippen LogP contribution in [0.2, 0.25) is 0 Å². The van der Waals surface area contributed by atoms with E-state index in [0.29, 0.717) is 11.2 Å². The smallest absolute Gasteiger partial charge is 0.115 e. The Morgan fingerprint density at radius 2 is 1.82 bits per heavy atom. The summed E-state index contributed by atoms with van der Waals surface area (Å²) in [6, 6.07) is 7.59. The standard InChI is InChI=1S/C15H25NO/c1-4-10-15(3,12-16-5-2)11-13-6-8-14(17)9-7-13/h6-9,16-17H,4-5,10-12H2,1-3H3. The van der Waals surface area contributed by atoms with Crippen molar-refractivity contribution in [2.45, 2.75) is 40.0 Å². The van der Waals surface area contributed by atoms with E-state index in [0.717, 1.165) is 19.5 Å². The summed E-state index contributed by atoms with van der Waals surface area (Å²) < 4.78 is 0. The molecule has 2 N–H and O–H groups in total. The summed E-state index contributed by atoms with van der Waals surface area (Å²) in [6.07, 6.45) is 3.50. The first-order chi connectivity index (χ1) is 8.09. The number of phenolic OH excluding ortho intramolecular Hbond substituents is 1. The summed E-state index contributed by atoms with van der Waals surface area (Å²) in [5.74, 6) is 0.345. The van der Waals surface area contributed by atoms with Gasteiger partial charge in [-0.25, -0.2) is 0 Å². The molecule has 0 bridgehead atoms. The first-order valence-electron chi connectivity index (χ1n) is 6.58. The molecule has 0 aliphatic rings. The van der Waals surface area contributed by atoms with Crippen molar-refractivity contribution in [2.24, 2.45) is 5.41 Å². The second-order valence-corrected chi connectivity index (χ2v) is 5.18. The number of rotatable bonds is 7. The number of benzene rings is 1. The Bertz CT molecular complexity index is 320. The Morgan fingerprint density at radius 1 is 1.18 bits per heavy atom. The zero-order chi connectivity index (χ0) is 12.7. The van der Waals surface area contributed by atoms with E-state index in [1.165, 1.54) is 18.4 Å². The van der Waals surface area contributed by atoms with Gasteiger partial charge in [-0.15, -0.1) is 0 Å². The van der Waals surface area contributed by atoms with E-state index < -0.39 is 0 Å². The molecule has 2 heteroatoms. The molecular formula is C15H25NO. The second-order valence-electron chi connectivity index (χ2n) is 5.18. The minimum atomic E-state index is 0.307. The zero-order valence-electron chi connectivity index (χ0n) is 11.3. The Hall–Kier alpha value is -1.02. The van der Waals surface area contributed by atoms with Gasteiger partial charge in [-0.05, 0) is 42.5 Å². The van der Waals surface area contributed by atoms with Crippen LogP contribution in [0, 0.1) is 5.41 Å². The molecule has 0 radical (unpaired) electrons. The average Bonchev–Trinajstić information content (AvgIpc) is 2.30. The Kier molecular flexibility index (Phi) is 5.49. The molecule has 0 saturated carbocycles. The zero-order valence-corrected chi connectivity index (χ0v) is 11.3. The fraction of sp³-hybridized carbons (Fsp3) is 0.600. The molecular weight excluding hydrogens is 210 g/mol. The van der Waals surface area contributed by atoms with E-state index >= 15 is 0 Å². The van der Waals surface area contributed by atoms with Crippen molar-refractivity contribution in [3.05, 3.63) is 29.8 Å². The van der Waals surface area contributed by atoms with Crippen LogP contribution >= 0.6 is 0 Å². The monoisotopic (exact) mass is 235 g/mol. The van der Waals surface area contributed by atoms with Crippen molar-refractivity contribution >= 4 is 0 Å². The summed E-state index contributed by atoms with van der Waals surface area (Å²) in [5, 5.41) is 12.7.